The molecule has 0 spiro atoms. The zero-order valence-electron chi connectivity index (χ0n) is 68.4. The summed E-state index contributed by atoms with van der Waals surface area (Å²) in [6.45, 7) is 32.8. The molecule has 1 unspecified atom stereocenters. The lowest BCUT2D eigenvalue weighted by atomic mass is 10.0. The number of hydrogen-bond acceptors (Lipinski definition) is 22. The molecule has 0 bridgehead atoms. The standard InChI is InChI=1S/C83H125N7O19/c1-78(2,3)104-71(93)44-33-56-32-41-67(102-54-57-28-36-62(100-19)37-29-57)59(48-56)51-90(53-74(96)107-81(10,11)12)52-61(49-73(95)106-80(7,8)9)86-50-66-68(103-55-58-30-38-63(101-20)39-31-58)42-34-60(87-66)35-43-70(92)85-46-24-21-22-27-69(91)84-47-25-23-26-64(75(97)108-82(13,14)15)88-77(99)89-65(76(98)109-83(16,17)18)40-45-72(94)105-79(4,5)6/h28-32,34,36-39,41-42,48,61,64-65,86H,21-27,33,35,40,43-47,49-55H2,1-20H3,(H,84,91)(H,85,92)(H2,88,89,99)/t61?,64-,65-/m0/s1. The quantitative estimate of drug-likeness (QED) is 0.0156. The summed E-state index contributed by atoms with van der Waals surface area (Å²) in [7, 11) is 3.19. The molecule has 3 aromatic carbocycles. The molecule has 606 valence electrons. The van der Waals surface area contributed by atoms with Crippen LogP contribution in [0.25, 0.3) is 0 Å². The summed E-state index contributed by atoms with van der Waals surface area (Å²) in [6.07, 6.45) is 3.68. The molecule has 109 heavy (non-hydrogen) atoms. The average Bonchev–Trinajstić information content (AvgIpc) is 0.842. The van der Waals surface area contributed by atoms with E-state index in [9.17, 15) is 43.2 Å². The highest BCUT2D eigenvalue weighted by Gasteiger charge is 2.33. The summed E-state index contributed by atoms with van der Waals surface area (Å²) in [5.74, 6) is -1.28. The third-order valence-corrected chi connectivity index (χ3v) is 15.6. The van der Waals surface area contributed by atoms with Gasteiger partial charge in [0.15, 0.2) is 0 Å². The van der Waals surface area contributed by atoms with E-state index in [-0.39, 0.29) is 109 Å². The van der Waals surface area contributed by atoms with Gasteiger partial charge in [0.1, 0.15) is 81.9 Å². The highest BCUT2D eigenvalue weighted by Crippen LogP contribution is 2.28. The number of rotatable bonds is 43. The minimum absolute atomic E-state index is 0.0827. The number of benzene rings is 3. The fraction of sp³-hybridized carbons (Fsp3) is 0.614. The van der Waals surface area contributed by atoms with E-state index < -0.39 is 87.6 Å². The number of urea groups is 1. The Morgan fingerprint density at radius 3 is 1.43 bits per heavy atom. The van der Waals surface area contributed by atoms with Gasteiger partial charge in [-0.15, -0.1) is 0 Å². The fourth-order valence-electron chi connectivity index (χ4n) is 10.9. The molecule has 0 radical (unpaired) electrons. The van der Waals surface area contributed by atoms with E-state index in [4.69, 9.17) is 52.4 Å². The zero-order valence-corrected chi connectivity index (χ0v) is 68.4. The molecule has 26 heteroatoms. The number of unbranched alkanes of at least 4 members (excludes halogenated alkanes) is 3. The lowest BCUT2D eigenvalue weighted by Crippen LogP contribution is -2.53. The molecule has 26 nitrogen and oxygen atoms in total. The maximum absolute atomic E-state index is 14.0. The number of amides is 4. The molecule has 0 aliphatic rings. The van der Waals surface area contributed by atoms with Crippen LogP contribution in [0.2, 0.25) is 0 Å². The van der Waals surface area contributed by atoms with Gasteiger partial charge in [0.05, 0.1) is 32.9 Å². The second-order valence-electron chi connectivity index (χ2n) is 33.1. The summed E-state index contributed by atoms with van der Waals surface area (Å²) in [4.78, 5) is 127. The number of aromatic nitrogens is 1. The van der Waals surface area contributed by atoms with Gasteiger partial charge in [-0.3, -0.25) is 38.7 Å². The summed E-state index contributed by atoms with van der Waals surface area (Å²) >= 11 is 0. The van der Waals surface area contributed by atoms with E-state index in [0.717, 1.165) is 16.7 Å². The monoisotopic (exact) mass is 1520 g/mol. The van der Waals surface area contributed by atoms with Crippen LogP contribution in [-0.4, -0.2) is 156 Å². The Hall–Kier alpha value is -9.04. The van der Waals surface area contributed by atoms with Crippen LogP contribution in [0.4, 0.5) is 4.79 Å². The van der Waals surface area contributed by atoms with Gasteiger partial charge in [-0.05, 0) is 235 Å². The molecule has 5 N–H and O–H groups in total. The van der Waals surface area contributed by atoms with Crippen LogP contribution in [0.5, 0.6) is 23.0 Å². The van der Waals surface area contributed by atoms with Crippen molar-refractivity contribution in [3.8, 4) is 23.0 Å². The first-order valence-corrected chi connectivity index (χ1v) is 37.8. The minimum atomic E-state index is -1.23. The van der Waals surface area contributed by atoms with E-state index in [1.807, 2.05) is 105 Å². The van der Waals surface area contributed by atoms with Crippen molar-refractivity contribution < 1.29 is 90.5 Å². The summed E-state index contributed by atoms with van der Waals surface area (Å²) < 4.78 is 57.8. The van der Waals surface area contributed by atoms with Crippen molar-refractivity contribution in [1.82, 2.24) is 36.5 Å². The number of carbonyl (C=O) groups is 9. The third-order valence-electron chi connectivity index (χ3n) is 15.6. The predicted molar refractivity (Wildman–Crippen MR) is 414 cm³/mol. The first kappa shape index (κ1) is 92.3. The van der Waals surface area contributed by atoms with Gasteiger partial charge in [-0.2, -0.15) is 0 Å². The molecule has 0 aliphatic carbocycles. The Bertz CT molecular complexity index is 3560. The molecule has 0 aliphatic heterocycles. The van der Waals surface area contributed by atoms with Crippen LogP contribution < -0.4 is 45.5 Å². The van der Waals surface area contributed by atoms with Crippen molar-refractivity contribution >= 4 is 53.7 Å². The van der Waals surface area contributed by atoms with Gasteiger partial charge in [0.25, 0.3) is 0 Å². The molecule has 1 heterocycles. The number of esters is 6. The van der Waals surface area contributed by atoms with Crippen LogP contribution in [0, 0.1) is 0 Å². The Morgan fingerprint density at radius 1 is 0.450 bits per heavy atom. The van der Waals surface area contributed by atoms with E-state index in [1.165, 1.54) is 0 Å². The van der Waals surface area contributed by atoms with E-state index in [1.54, 1.807) is 118 Å². The number of nitrogens with zero attached hydrogens (tertiary/aromatic N) is 2. The zero-order chi connectivity index (χ0) is 81.3. The molecule has 0 saturated carbocycles. The van der Waals surface area contributed by atoms with Crippen molar-refractivity contribution in [2.75, 3.05) is 40.4 Å². The number of methoxy groups -OCH3 is 2. The van der Waals surface area contributed by atoms with Gasteiger partial charge < -0.3 is 74.0 Å². The maximum atomic E-state index is 14.0. The first-order valence-electron chi connectivity index (χ1n) is 37.8. The molecule has 1 aromatic heterocycles. The van der Waals surface area contributed by atoms with Crippen molar-refractivity contribution in [3.05, 3.63) is 113 Å². The smallest absolute Gasteiger partial charge is 0.329 e. The lowest BCUT2D eigenvalue weighted by molar-refractivity contribution is -0.160. The third kappa shape index (κ3) is 41.4. The Morgan fingerprint density at radius 2 is 0.908 bits per heavy atom. The number of hydrogen-bond donors (Lipinski definition) is 5. The van der Waals surface area contributed by atoms with E-state index >= 15 is 0 Å². The molecular formula is C83H125N7O19. The lowest BCUT2D eigenvalue weighted by Gasteiger charge is -2.30. The summed E-state index contributed by atoms with van der Waals surface area (Å²) in [5.41, 5.74) is -0.385. The molecule has 3 atom stereocenters. The largest absolute Gasteiger partial charge is 0.497 e. The van der Waals surface area contributed by atoms with Crippen LogP contribution in [0.15, 0.2) is 78.9 Å². The number of nitrogens with one attached hydrogen (secondary N) is 5. The molecule has 4 aromatic rings. The van der Waals surface area contributed by atoms with Crippen molar-refractivity contribution in [1.29, 1.82) is 0 Å². The van der Waals surface area contributed by atoms with Gasteiger partial charge >= 0.3 is 41.8 Å². The van der Waals surface area contributed by atoms with Crippen LogP contribution in [-0.2, 0) is 106 Å². The van der Waals surface area contributed by atoms with Crippen LogP contribution in [0.1, 0.15) is 235 Å². The van der Waals surface area contributed by atoms with Crippen molar-refractivity contribution in [2.45, 2.75) is 293 Å². The number of pyridine rings is 1. The van der Waals surface area contributed by atoms with Gasteiger partial charge in [0.2, 0.25) is 11.8 Å². The Labute approximate surface area is 646 Å². The SMILES string of the molecule is COc1ccc(COc2ccc(CCC(=O)OC(C)(C)C)cc2CN(CC(=O)OC(C)(C)C)CC(CC(=O)OC(C)(C)C)NCc2nc(CCC(=O)NCCCCCC(=O)NCCCC[C@H](NC(=O)N[C@@H](CCC(=O)OC(C)(C)C)C(=O)OC(C)(C)C)C(=O)OC(C)(C)C)ccc2OCc2ccc(OC)cc2)cc1. The van der Waals surface area contributed by atoms with Gasteiger partial charge in [0, 0.05) is 75.7 Å². The molecule has 0 saturated heterocycles. The Balaban J connectivity index is 1.45. The highest BCUT2D eigenvalue weighted by atomic mass is 16.6. The fourth-order valence-corrected chi connectivity index (χ4v) is 10.9. The molecule has 4 rings (SSSR count). The summed E-state index contributed by atoms with van der Waals surface area (Å²) in [5, 5.41) is 14.7. The van der Waals surface area contributed by atoms with E-state index in [0.29, 0.717) is 91.6 Å². The van der Waals surface area contributed by atoms with Gasteiger partial charge in [-0.25, -0.2) is 14.4 Å². The second-order valence-corrected chi connectivity index (χ2v) is 33.1. The number of ether oxygens (including phenoxy) is 10. The number of carbonyl (C=O) groups excluding carboxylic acids is 9. The summed E-state index contributed by atoms with van der Waals surface area (Å²) in [6, 6.07) is 20.5. The average molecular weight is 1520 g/mol. The maximum Gasteiger partial charge on any atom is 0.329 e. The van der Waals surface area contributed by atoms with Crippen molar-refractivity contribution in [2.24, 2.45) is 0 Å². The predicted octanol–water partition coefficient (Wildman–Crippen LogP) is 12.3. The highest BCUT2D eigenvalue weighted by molar-refractivity contribution is 5.88. The Kier molecular flexibility index (Phi) is 37.3. The van der Waals surface area contributed by atoms with E-state index in [2.05, 4.69) is 26.6 Å². The topological polar surface area (TPSA) is 322 Å². The minimum Gasteiger partial charge on any atom is -0.497 e. The number of aryl methyl sites for hydroxylation is 2. The molecule has 0 fully saturated rings. The molecule has 4 amide bonds. The van der Waals surface area contributed by atoms with Crippen LogP contribution in [0.3, 0.4) is 0 Å². The molecular weight excluding hydrogens is 1400 g/mol. The normalized spacial score (nSPS) is 12.8. The van der Waals surface area contributed by atoms with Gasteiger partial charge in [-0.1, -0.05) is 42.8 Å². The second kappa shape index (κ2) is 44.0. The van der Waals surface area contributed by atoms with Crippen molar-refractivity contribution in [3.63, 3.8) is 0 Å². The first-order chi connectivity index (χ1) is 50.8. The van der Waals surface area contributed by atoms with Crippen LogP contribution >= 0.6 is 0 Å².